The number of carbonyl (C=O) groups is 2. The van der Waals surface area contributed by atoms with Crippen LogP contribution in [0.15, 0.2) is 30.3 Å². The highest BCUT2D eigenvalue weighted by Crippen LogP contribution is 2.24. The fourth-order valence-electron chi connectivity index (χ4n) is 3.04. The second-order valence-electron chi connectivity index (χ2n) is 6.62. The van der Waals surface area contributed by atoms with Gasteiger partial charge in [0.2, 0.25) is 11.8 Å². The Kier molecular flexibility index (Phi) is 7.09. The van der Waals surface area contributed by atoms with E-state index in [1.165, 1.54) is 0 Å². The highest BCUT2D eigenvalue weighted by atomic mass is 16.2. The summed E-state index contributed by atoms with van der Waals surface area (Å²) in [6, 6.07) is 10.3. The van der Waals surface area contributed by atoms with Crippen molar-refractivity contribution in [3.8, 4) is 0 Å². The Morgan fingerprint density at radius 2 is 1.83 bits per heavy atom. The topological polar surface area (TPSA) is 61.4 Å². The maximum absolute atomic E-state index is 11.9. The maximum Gasteiger partial charge on any atom is 0.223 e. The first-order valence-corrected chi connectivity index (χ1v) is 8.90. The third-order valence-electron chi connectivity index (χ3n) is 4.80. The average Bonchev–Trinajstić information content (AvgIpc) is 3.14. The molecular weight excluding hydrogens is 302 g/mol. The van der Waals surface area contributed by atoms with Crippen molar-refractivity contribution in [3.05, 3.63) is 30.3 Å². The van der Waals surface area contributed by atoms with Crippen LogP contribution in [0, 0.1) is 5.92 Å². The molecule has 1 saturated carbocycles. The predicted octanol–water partition coefficient (Wildman–Crippen LogP) is 2.32. The van der Waals surface area contributed by atoms with Gasteiger partial charge in [0.1, 0.15) is 0 Å². The Labute approximate surface area is 144 Å². The summed E-state index contributed by atoms with van der Waals surface area (Å²) in [5.41, 5.74) is 1.13. The summed E-state index contributed by atoms with van der Waals surface area (Å²) in [5, 5.41) is 5.83. The second-order valence-corrected chi connectivity index (χ2v) is 6.62. The molecule has 0 heterocycles. The Morgan fingerprint density at radius 1 is 1.17 bits per heavy atom. The van der Waals surface area contributed by atoms with Crippen molar-refractivity contribution < 1.29 is 9.59 Å². The zero-order valence-corrected chi connectivity index (χ0v) is 14.8. The lowest BCUT2D eigenvalue weighted by Gasteiger charge is -2.27. The van der Waals surface area contributed by atoms with Crippen LogP contribution < -0.4 is 15.5 Å². The summed E-state index contributed by atoms with van der Waals surface area (Å²) in [5.74, 6) is 0.250. The molecule has 0 aliphatic heterocycles. The van der Waals surface area contributed by atoms with Gasteiger partial charge in [-0.1, -0.05) is 31.0 Å². The molecule has 1 fully saturated rings. The van der Waals surface area contributed by atoms with Crippen LogP contribution in [0.2, 0.25) is 0 Å². The summed E-state index contributed by atoms with van der Waals surface area (Å²) < 4.78 is 0. The number of nitrogens with zero attached hydrogens (tertiary/aromatic N) is 1. The smallest absolute Gasteiger partial charge is 0.223 e. The molecule has 5 heteroatoms. The van der Waals surface area contributed by atoms with Crippen molar-refractivity contribution in [2.75, 3.05) is 25.0 Å². The average molecular weight is 331 g/mol. The lowest BCUT2D eigenvalue weighted by atomic mass is 10.1. The standard InChI is InChI=1S/C19H29N3O2/c1-15(22(2)17-10-4-3-5-11-17)14-21-18(23)12-13-20-19(24)16-8-6-7-9-16/h3-5,10-11,15-16H,6-9,12-14H2,1-2H3,(H,20,24)(H,21,23). The van der Waals surface area contributed by atoms with E-state index in [0.29, 0.717) is 19.5 Å². The molecule has 0 spiro atoms. The molecule has 1 atom stereocenters. The van der Waals surface area contributed by atoms with Crippen LogP contribution >= 0.6 is 0 Å². The minimum absolute atomic E-state index is 0.0185. The van der Waals surface area contributed by atoms with Crippen LogP contribution in [0.5, 0.6) is 0 Å². The van der Waals surface area contributed by atoms with Crippen molar-refractivity contribution in [1.29, 1.82) is 0 Å². The molecule has 2 rings (SSSR count). The van der Waals surface area contributed by atoms with Gasteiger partial charge in [-0.3, -0.25) is 9.59 Å². The zero-order chi connectivity index (χ0) is 17.4. The number of anilines is 1. The number of benzene rings is 1. The van der Waals surface area contributed by atoms with Crippen molar-refractivity contribution in [2.45, 2.75) is 45.1 Å². The molecule has 2 N–H and O–H groups in total. The number of nitrogens with one attached hydrogen (secondary N) is 2. The monoisotopic (exact) mass is 331 g/mol. The first kappa shape index (κ1) is 18.3. The van der Waals surface area contributed by atoms with Crippen LogP contribution in [0.4, 0.5) is 5.69 Å². The van der Waals surface area contributed by atoms with Gasteiger partial charge in [-0.15, -0.1) is 0 Å². The van der Waals surface area contributed by atoms with Gasteiger partial charge >= 0.3 is 0 Å². The number of likely N-dealkylation sites (N-methyl/N-ethyl adjacent to an activating group) is 1. The first-order chi connectivity index (χ1) is 11.6. The molecule has 1 aliphatic rings. The number of carbonyl (C=O) groups excluding carboxylic acids is 2. The number of amides is 2. The molecule has 132 valence electrons. The molecule has 0 bridgehead atoms. The van der Waals surface area contributed by atoms with Crippen LogP contribution in [0.1, 0.15) is 39.0 Å². The van der Waals surface area contributed by atoms with E-state index in [0.717, 1.165) is 31.4 Å². The summed E-state index contributed by atoms with van der Waals surface area (Å²) in [7, 11) is 2.02. The Morgan fingerprint density at radius 3 is 2.50 bits per heavy atom. The van der Waals surface area contributed by atoms with Gasteiger partial charge in [0, 0.05) is 44.2 Å². The molecule has 0 saturated heterocycles. The fraction of sp³-hybridized carbons (Fsp3) is 0.579. The number of hydrogen-bond donors (Lipinski definition) is 2. The van der Waals surface area contributed by atoms with Gasteiger partial charge in [-0.25, -0.2) is 0 Å². The summed E-state index contributed by atoms with van der Waals surface area (Å²) in [6.45, 7) is 3.08. The van der Waals surface area contributed by atoms with E-state index in [-0.39, 0.29) is 23.8 Å². The summed E-state index contributed by atoms with van der Waals surface area (Å²) in [6.07, 6.45) is 4.60. The molecule has 5 nitrogen and oxygen atoms in total. The minimum atomic E-state index is -0.0185. The van der Waals surface area contributed by atoms with E-state index >= 15 is 0 Å². The highest BCUT2D eigenvalue weighted by molar-refractivity contribution is 5.80. The van der Waals surface area contributed by atoms with E-state index in [1.807, 2.05) is 25.2 Å². The molecule has 0 radical (unpaired) electrons. The van der Waals surface area contributed by atoms with Crippen LogP contribution in [0.3, 0.4) is 0 Å². The van der Waals surface area contributed by atoms with Gasteiger partial charge in [0.25, 0.3) is 0 Å². The largest absolute Gasteiger partial charge is 0.370 e. The second kappa shape index (κ2) is 9.30. The van der Waals surface area contributed by atoms with Crippen LogP contribution in [-0.4, -0.2) is 38.0 Å². The molecule has 1 aromatic carbocycles. The highest BCUT2D eigenvalue weighted by Gasteiger charge is 2.22. The lowest BCUT2D eigenvalue weighted by Crippen LogP contribution is -2.41. The Bertz CT molecular complexity index is 527. The maximum atomic E-state index is 11.9. The third kappa shape index (κ3) is 5.55. The van der Waals surface area contributed by atoms with E-state index in [1.54, 1.807) is 0 Å². The number of rotatable bonds is 8. The van der Waals surface area contributed by atoms with Gasteiger partial charge < -0.3 is 15.5 Å². The SMILES string of the molecule is CC(CNC(=O)CCNC(=O)C1CCCC1)N(C)c1ccccc1. The van der Waals surface area contributed by atoms with Crippen LogP contribution in [-0.2, 0) is 9.59 Å². The predicted molar refractivity (Wildman–Crippen MR) is 96.9 cm³/mol. The molecule has 1 aromatic rings. The zero-order valence-electron chi connectivity index (χ0n) is 14.8. The number of hydrogen-bond acceptors (Lipinski definition) is 3. The van der Waals surface area contributed by atoms with E-state index < -0.39 is 0 Å². The number of para-hydroxylation sites is 1. The molecular formula is C19H29N3O2. The first-order valence-electron chi connectivity index (χ1n) is 8.90. The summed E-state index contributed by atoms with van der Waals surface area (Å²) >= 11 is 0. The Balaban J connectivity index is 1.62. The van der Waals surface area contributed by atoms with Gasteiger partial charge in [-0.05, 0) is 31.9 Å². The Hall–Kier alpha value is -2.04. The van der Waals surface area contributed by atoms with Gasteiger partial charge in [-0.2, -0.15) is 0 Å². The quantitative estimate of drug-likeness (QED) is 0.768. The molecule has 24 heavy (non-hydrogen) atoms. The van der Waals surface area contributed by atoms with E-state index in [9.17, 15) is 9.59 Å². The van der Waals surface area contributed by atoms with Crippen molar-refractivity contribution in [2.24, 2.45) is 5.92 Å². The molecule has 1 unspecified atom stereocenters. The molecule has 1 aliphatic carbocycles. The van der Waals surface area contributed by atoms with Crippen LogP contribution in [0.25, 0.3) is 0 Å². The third-order valence-corrected chi connectivity index (χ3v) is 4.80. The normalized spacial score (nSPS) is 15.8. The van der Waals surface area contributed by atoms with Gasteiger partial charge in [0.15, 0.2) is 0 Å². The van der Waals surface area contributed by atoms with E-state index in [2.05, 4.69) is 34.6 Å². The van der Waals surface area contributed by atoms with Crippen molar-refractivity contribution in [3.63, 3.8) is 0 Å². The lowest BCUT2D eigenvalue weighted by molar-refractivity contribution is -0.125. The van der Waals surface area contributed by atoms with Gasteiger partial charge in [0.05, 0.1) is 0 Å². The molecule has 2 amide bonds. The van der Waals surface area contributed by atoms with Crippen molar-refractivity contribution >= 4 is 17.5 Å². The fourth-order valence-corrected chi connectivity index (χ4v) is 3.04. The van der Waals surface area contributed by atoms with Crippen molar-refractivity contribution in [1.82, 2.24) is 10.6 Å². The molecule has 0 aromatic heterocycles. The van der Waals surface area contributed by atoms with E-state index in [4.69, 9.17) is 0 Å². The summed E-state index contributed by atoms with van der Waals surface area (Å²) in [4.78, 5) is 26.0. The minimum Gasteiger partial charge on any atom is -0.370 e.